The van der Waals surface area contributed by atoms with Crippen LogP contribution in [0.4, 0.5) is 14.9 Å². The summed E-state index contributed by atoms with van der Waals surface area (Å²) in [5, 5.41) is 2.93. The highest BCUT2D eigenvalue weighted by Crippen LogP contribution is 2.36. The Labute approximate surface area is 141 Å². The predicted octanol–water partition coefficient (Wildman–Crippen LogP) is 4.68. The van der Waals surface area contributed by atoms with Crippen molar-refractivity contribution in [3.8, 4) is 0 Å². The van der Waals surface area contributed by atoms with Crippen LogP contribution in [0.5, 0.6) is 0 Å². The average Bonchev–Trinajstić information content (AvgIpc) is 2.55. The molecule has 1 fully saturated rings. The zero-order chi connectivity index (χ0) is 16.5. The number of hydrogen-bond donors (Lipinski definition) is 1. The first-order valence-corrected chi connectivity index (χ1v) is 8.63. The topological polar surface area (TPSA) is 32.3 Å². The first-order valence-electron chi connectivity index (χ1n) is 8.63. The number of hydrogen-bond acceptors (Lipinski definition) is 1. The van der Waals surface area contributed by atoms with Crippen molar-refractivity contribution in [3.05, 3.63) is 65.0 Å². The zero-order valence-corrected chi connectivity index (χ0v) is 13.6. The first-order chi connectivity index (χ1) is 11.7. The molecule has 1 aliphatic carbocycles. The molecule has 4 rings (SSSR count). The summed E-state index contributed by atoms with van der Waals surface area (Å²) >= 11 is 0. The number of nitrogens with one attached hydrogen (secondary N) is 1. The minimum Gasteiger partial charge on any atom is -0.320 e. The number of urea groups is 1. The summed E-state index contributed by atoms with van der Waals surface area (Å²) in [6, 6.07) is 13.1. The van der Waals surface area contributed by atoms with Crippen LogP contribution in [0.2, 0.25) is 0 Å². The highest BCUT2D eigenvalue weighted by molar-refractivity contribution is 5.89. The second-order valence-electron chi connectivity index (χ2n) is 6.73. The van der Waals surface area contributed by atoms with Crippen LogP contribution in [-0.2, 0) is 13.0 Å². The molecule has 0 radical (unpaired) electrons. The van der Waals surface area contributed by atoms with Gasteiger partial charge in [0, 0.05) is 17.8 Å². The van der Waals surface area contributed by atoms with Crippen molar-refractivity contribution < 1.29 is 9.18 Å². The van der Waals surface area contributed by atoms with Crippen molar-refractivity contribution in [2.75, 3.05) is 11.9 Å². The van der Waals surface area contributed by atoms with Crippen LogP contribution in [0.15, 0.2) is 42.5 Å². The molecule has 2 aliphatic rings. The van der Waals surface area contributed by atoms with E-state index in [0.717, 1.165) is 11.3 Å². The van der Waals surface area contributed by atoms with Crippen molar-refractivity contribution in [2.45, 2.75) is 38.1 Å². The van der Waals surface area contributed by atoms with Gasteiger partial charge in [-0.15, -0.1) is 0 Å². The molecule has 0 atom stereocenters. The molecular formula is C20H21FN2O. The van der Waals surface area contributed by atoms with E-state index in [9.17, 15) is 9.18 Å². The van der Waals surface area contributed by atoms with Crippen LogP contribution < -0.4 is 5.32 Å². The van der Waals surface area contributed by atoms with E-state index in [1.807, 2.05) is 18.2 Å². The van der Waals surface area contributed by atoms with E-state index >= 15 is 0 Å². The smallest absolute Gasteiger partial charge is 0.320 e. The molecule has 0 saturated heterocycles. The Morgan fingerprint density at radius 1 is 1.12 bits per heavy atom. The van der Waals surface area contributed by atoms with E-state index in [1.165, 1.54) is 30.9 Å². The standard InChI is InChI=1S/C20H21FN2O/c21-19-6-2-5-16-11-12-23(13-18(16)19)20(24)22-17-9-7-15(8-10-17)14-3-1-4-14/h2,5-10,14H,1,3-4,11-13H2,(H,22,24). The van der Waals surface area contributed by atoms with Gasteiger partial charge in [0.1, 0.15) is 5.82 Å². The summed E-state index contributed by atoms with van der Waals surface area (Å²) in [5.41, 5.74) is 3.79. The summed E-state index contributed by atoms with van der Waals surface area (Å²) in [6.07, 6.45) is 4.55. The lowest BCUT2D eigenvalue weighted by molar-refractivity contribution is 0.205. The van der Waals surface area contributed by atoms with Gasteiger partial charge in [0.25, 0.3) is 0 Å². The molecule has 1 saturated carbocycles. The Morgan fingerprint density at radius 2 is 1.92 bits per heavy atom. The summed E-state index contributed by atoms with van der Waals surface area (Å²) in [5.74, 6) is 0.464. The molecule has 1 aliphatic heterocycles. The number of halogens is 1. The predicted molar refractivity (Wildman–Crippen MR) is 92.6 cm³/mol. The molecule has 2 aromatic carbocycles. The SMILES string of the molecule is O=C(Nc1ccc(C2CCC2)cc1)N1CCc2cccc(F)c2C1. The Bertz CT molecular complexity index is 753. The van der Waals surface area contributed by atoms with E-state index in [2.05, 4.69) is 17.4 Å². The zero-order valence-electron chi connectivity index (χ0n) is 13.6. The first kappa shape index (κ1) is 15.2. The van der Waals surface area contributed by atoms with Crippen molar-refractivity contribution in [3.63, 3.8) is 0 Å². The number of rotatable bonds is 2. The molecule has 2 amide bonds. The van der Waals surface area contributed by atoms with Gasteiger partial charge in [-0.1, -0.05) is 30.7 Å². The van der Waals surface area contributed by atoms with Gasteiger partial charge in [-0.3, -0.25) is 0 Å². The number of nitrogens with zero attached hydrogens (tertiary/aromatic N) is 1. The van der Waals surface area contributed by atoms with Gasteiger partial charge in [0.05, 0.1) is 6.54 Å². The maximum atomic E-state index is 13.9. The largest absolute Gasteiger partial charge is 0.322 e. The quantitative estimate of drug-likeness (QED) is 0.854. The van der Waals surface area contributed by atoms with Gasteiger partial charge in [-0.05, 0) is 54.5 Å². The van der Waals surface area contributed by atoms with Crippen molar-refractivity contribution in [1.29, 1.82) is 0 Å². The minimum absolute atomic E-state index is 0.166. The summed E-state index contributed by atoms with van der Waals surface area (Å²) in [6.45, 7) is 0.941. The van der Waals surface area contributed by atoms with Crippen LogP contribution in [0, 0.1) is 5.82 Å². The summed E-state index contributed by atoms with van der Waals surface area (Å²) < 4.78 is 13.9. The van der Waals surface area contributed by atoms with E-state index < -0.39 is 0 Å². The van der Waals surface area contributed by atoms with Gasteiger partial charge in [0.15, 0.2) is 0 Å². The molecule has 3 nitrogen and oxygen atoms in total. The van der Waals surface area contributed by atoms with E-state index in [4.69, 9.17) is 0 Å². The normalized spacial score (nSPS) is 17.1. The monoisotopic (exact) mass is 324 g/mol. The Morgan fingerprint density at radius 3 is 2.62 bits per heavy atom. The minimum atomic E-state index is -0.227. The van der Waals surface area contributed by atoms with Gasteiger partial charge < -0.3 is 10.2 Å². The van der Waals surface area contributed by atoms with Gasteiger partial charge in [-0.2, -0.15) is 0 Å². The number of fused-ring (bicyclic) bond motifs is 1. The Kier molecular flexibility index (Phi) is 3.97. The maximum Gasteiger partial charge on any atom is 0.322 e. The van der Waals surface area contributed by atoms with E-state index in [0.29, 0.717) is 31.0 Å². The fourth-order valence-electron chi connectivity index (χ4n) is 3.50. The number of amides is 2. The number of carbonyl (C=O) groups is 1. The Balaban J connectivity index is 1.42. The summed E-state index contributed by atoms with van der Waals surface area (Å²) in [4.78, 5) is 14.1. The van der Waals surface area contributed by atoms with Crippen molar-refractivity contribution in [2.24, 2.45) is 0 Å². The molecule has 124 valence electrons. The number of carbonyl (C=O) groups excluding carboxylic acids is 1. The molecule has 0 spiro atoms. The molecule has 0 unspecified atom stereocenters. The maximum absolute atomic E-state index is 13.9. The summed E-state index contributed by atoms with van der Waals surface area (Å²) in [7, 11) is 0. The van der Waals surface area contributed by atoms with Gasteiger partial charge >= 0.3 is 6.03 Å². The number of benzene rings is 2. The van der Waals surface area contributed by atoms with E-state index in [-0.39, 0.29) is 11.8 Å². The van der Waals surface area contributed by atoms with Gasteiger partial charge in [-0.25, -0.2) is 9.18 Å². The molecule has 1 N–H and O–H groups in total. The fraction of sp³-hybridized carbons (Fsp3) is 0.350. The van der Waals surface area contributed by atoms with Crippen LogP contribution in [-0.4, -0.2) is 17.5 Å². The second kappa shape index (κ2) is 6.27. The van der Waals surface area contributed by atoms with Crippen molar-refractivity contribution in [1.82, 2.24) is 4.90 Å². The average molecular weight is 324 g/mol. The second-order valence-corrected chi connectivity index (χ2v) is 6.73. The lowest BCUT2D eigenvalue weighted by Gasteiger charge is -2.29. The lowest BCUT2D eigenvalue weighted by Crippen LogP contribution is -2.39. The molecule has 0 bridgehead atoms. The third-order valence-electron chi connectivity index (χ3n) is 5.24. The third kappa shape index (κ3) is 2.88. The molecule has 1 heterocycles. The van der Waals surface area contributed by atoms with Crippen LogP contribution >= 0.6 is 0 Å². The fourth-order valence-corrected chi connectivity index (χ4v) is 3.50. The highest BCUT2D eigenvalue weighted by atomic mass is 19.1. The molecular weight excluding hydrogens is 303 g/mol. The Hall–Kier alpha value is -2.36. The molecule has 4 heteroatoms. The van der Waals surface area contributed by atoms with E-state index in [1.54, 1.807) is 11.0 Å². The molecule has 24 heavy (non-hydrogen) atoms. The lowest BCUT2D eigenvalue weighted by atomic mass is 9.80. The van der Waals surface area contributed by atoms with Crippen LogP contribution in [0.1, 0.15) is 41.9 Å². The highest BCUT2D eigenvalue weighted by Gasteiger charge is 2.23. The van der Waals surface area contributed by atoms with Gasteiger partial charge in [0.2, 0.25) is 0 Å². The van der Waals surface area contributed by atoms with Crippen molar-refractivity contribution >= 4 is 11.7 Å². The molecule has 2 aromatic rings. The molecule has 0 aromatic heterocycles. The van der Waals surface area contributed by atoms with Crippen LogP contribution in [0.3, 0.4) is 0 Å². The van der Waals surface area contributed by atoms with Crippen LogP contribution in [0.25, 0.3) is 0 Å². The number of anilines is 1. The third-order valence-corrected chi connectivity index (χ3v) is 5.24.